The van der Waals surface area contributed by atoms with Gasteiger partial charge in [0.15, 0.2) is 11.5 Å². The highest BCUT2D eigenvalue weighted by atomic mass is 32.1. The van der Waals surface area contributed by atoms with Crippen molar-refractivity contribution in [3.8, 4) is 22.1 Å². The summed E-state index contributed by atoms with van der Waals surface area (Å²) in [6, 6.07) is 9.97. The Morgan fingerprint density at radius 2 is 1.91 bits per heavy atom. The van der Waals surface area contributed by atoms with Gasteiger partial charge in [-0.3, -0.25) is 5.10 Å². The molecular formula is C16H13N3O2S. The lowest BCUT2D eigenvalue weighted by Crippen LogP contribution is -1.90. The number of aromatic amines is 1. The number of thiazole rings is 1. The highest BCUT2D eigenvalue weighted by molar-refractivity contribution is 7.21. The van der Waals surface area contributed by atoms with Crippen LogP contribution in [0.1, 0.15) is 0 Å². The molecule has 0 fully saturated rings. The van der Waals surface area contributed by atoms with E-state index in [2.05, 4.69) is 22.3 Å². The van der Waals surface area contributed by atoms with Crippen LogP contribution in [0.2, 0.25) is 0 Å². The van der Waals surface area contributed by atoms with E-state index < -0.39 is 0 Å². The van der Waals surface area contributed by atoms with Crippen molar-refractivity contribution in [2.24, 2.45) is 0 Å². The first-order valence-electron chi connectivity index (χ1n) is 6.74. The molecular weight excluding hydrogens is 298 g/mol. The van der Waals surface area contributed by atoms with E-state index in [9.17, 15) is 0 Å². The molecule has 0 amide bonds. The first-order chi connectivity index (χ1) is 10.8. The molecule has 6 heteroatoms. The van der Waals surface area contributed by atoms with Gasteiger partial charge in [-0.25, -0.2) is 4.98 Å². The fourth-order valence-electron chi connectivity index (χ4n) is 2.46. The standard InChI is InChI=1S/C16H13N3O2S/c1-20-13-4-3-9(6-14(13)21-2)16-18-12-5-10-8-17-19-11(10)7-15(12)22-16/h3-8H,1-2H3,(H,17,19). The number of hydrogen-bond acceptors (Lipinski definition) is 5. The number of methoxy groups -OCH3 is 2. The second kappa shape index (κ2) is 4.99. The third-order valence-electron chi connectivity index (χ3n) is 3.58. The van der Waals surface area contributed by atoms with Gasteiger partial charge in [0, 0.05) is 10.9 Å². The second-order valence-electron chi connectivity index (χ2n) is 4.87. The van der Waals surface area contributed by atoms with Crippen LogP contribution >= 0.6 is 11.3 Å². The van der Waals surface area contributed by atoms with Crippen LogP contribution in [0.15, 0.2) is 36.5 Å². The van der Waals surface area contributed by atoms with Crippen LogP contribution in [-0.4, -0.2) is 29.4 Å². The summed E-state index contributed by atoms with van der Waals surface area (Å²) < 4.78 is 11.8. The van der Waals surface area contributed by atoms with Crippen LogP contribution in [0.25, 0.3) is 31.7 Å². The first kappa shape index (κ1) is 13.1. The maximum Gasteiger partial charge on any atom is 0.161 e. The van der Waals surface area contributed by atoms with Gasteiger partial charge in [0.05, 0.1) is 36.1 Å². The molecule has 0 aliphatic carbocycles. The molecule has 0 spiro atoms. The van der Waals surface area contributed by atoms with Crippen molar-refractivity contribution in [2.45, 2.75) is 0 Å². The zero-order chi connectivity index (χ0) is 15.1. The maximum absolute atomic E-state index is 5.36. The lowest BCUT2D eigenvalue weighted by Gasteiger charge is -2.08. The van der Waals surface area contributed by atoms with E-state index in [1.807, 2.05) is 24.4 Å². The summed E-state index contributed by atoms with van der Waals surface area (Å²) in [5, 5.41) is 9.06. The van der Waals surface area contributed by atoms with Gasteiger partial charge in [-0.1, -0.05) is 0 Å². The summed E-state index contributed by atoms with van der Waals surface area (Å²) in [6.45, 7) is 0. The van der Waals surface area contributed by atoms with Gasteiger partial charge in [0.1, 0.15) is 5.01 Å². The smallest absolute Gasteiger partial charge is 0.161 e. The average Bonchev–Trinajstić information content (AvgIpc) is 3.17. The highest BCUT2D eigenvalue weighted by Crippen LogP contribution is 2.36. The Hall–Kier alpha value is -2.60. The minimum Gasteiger partial charge on any atom is -0.493 e. The highest BCUT2D eigenvalue weighted by Gasteiger charge is 2.11. The van der Waals surface area contributed by atoms with Crippen molar-refractivity contribution in [3.63, 3.8) is 0 Å². The minimum absolute atomic E-state index is 0.704. The summed E-state index contributed by atoms with van der Waals surface area (Å²) in [4.78, 5) is 4.72. The maximum atomic E-state index is 5.36. The van der Waals surface area contributed by atoms with Crippen molar-refractivity contribution in [2.75, 3.05) is 14.2 Å². The average molecular weight is 311 g/mol. The number of rotatable bonds is 3. The lowest BCUT2D eigenvalue weighted by atomic mass is 10.2. The summed E-state index contributed by atoms with van der Waals surface area (Å²) in [7, 11) is 3.26. The van der Waals surface area contributed by atoms with Gasteiger partial charge in [0.25, 0.3) is 0 Å². The Kier molecular flexibility index (Phi) is 2.97. The van der Waals surface area contributed by atoms with E-state index in [1.165, 1.54) is 0 Å². The Labute approximate surface area is 130 Å². The van der Waals surface area contributed by atoms with Crippen LogP contribution in [0.4, 0.5) is 0 Å². The lowest BCUT2D eigenvalue weighted by molar-refractivity contribution is 0.355. The largest absolute Gasteiger partial charge is 0.493 e. The summed E-state index contributed by atoms with van der Waals surface area (Å²) in [5.41, 5.74) is 3.01. The van der Waals surface area contributed by atoms with Gasteiger partial charge in [-0.05, 0) is 30.3 Å². The van der Waals surface area contributed by atoms with E-state index in [-0.39, 0.29) is 0 Å². The number of H-pyrrole nitrogens is 1. The molecule has 2 heterocycles. The SMILES string of the molecule is COc1ccc(-c2nc3cc4cn[nH]c4cc3s2)cc1OC. The molecule has 4 aromatic rings. The number of benzene rings is 2. The number of nitrogens with zero attached hydrogens (tertiary/aromatic N) is 2. The van der Waals surface area contributed by atoms with Crippen LogP contribution in [0.5, 0.6) is 11.5 Å². The molecule has 0 aliphatic rings. The van der Waals surface area contributed by atoms with E-state index in [0.717, 1.165) is 31.7 Å². The first-order valence-corrected chi connectivity index (χ1v) is 7.56. The van der Waals surface area contributed by atoms with Crippen LogP contribution in [-0.2, 0) is 0 Å². The molecule has 0 saturated carbocycles. The molecule has 0 aliphatic heterocycles. The number of fused-ring (bicyclic) bond motifs is 2. The number of ether oxygens (including phenoxy) is 2. The van der Waals surface area contributed by atoms with Crippen molar-refractivity contribution in [1.82, 2.24) is 15.2 Å². The summed E-state index contributed by atoms with van der Waals surface area (Å²) in [5.74, 6) is 1.42. The Bertz CT molecular complexity index is 926. The predicted molar refractivity (Wildman–Crippen MR) is 87.8 cm³/mol. The molecule has 0 atom stereocenters. The molecule has 5 nitrogen and oxygen atoms in total. The molecule has 2 aromatic carbocycles. The van der Waals surface area contributed by atoms with Gasteiger partial charge >= 0.3 is 0 Å². The van der Waals surface area contributed by atoms with E-state index in [1.54, 1.807) is 25.6 Å². The Morgan fingerprint density at radius 3 is 2.73 bits per heavy atom. The van der Waals surface area contributed by atoms with Crippen molar-refractivity contribution in [1.29, 1.82) is 0 Å². The molecule has 22 heavy (non-hydrogen) atoms. The van der Waals surface area contributed by atoms with Crippen LogP contribution in [0, 0.1) is 0 Å². The van der Waals surface area contributed by atoms with Gasteiger partial charge < -0.3 is 9.47 Å². The molecule has 110 valence electrons. The summed E-state index contributed by atoms with van der Waals surface area (Å²) in [6.07, 6.45) is 1.81. The fourth-order valence-corrected chi connectivity index (χ4v) is 3.44. The van der Waals surface area contributed by atoms with Gasteiger partial charge in [-0.2, -0.15) is 5.10 Å². The number of hydrogen-bond donors (Lipinski definition) is 1. The third kappa shape index (κ3) is 2.00. The Balaban J connectivity index is 1.86. The van der Waals surface area contributed by atoms with E-state index in [0.29, 0.717) is 11.5 Å². The minimum atomic E-state index is 0.704. The van der Waals surface area contributed by atoms with E-state index >= 15 is 0 Å². The molecule has 2 aromatic heterocycles. The van der Waals surface area contributed by atoms with Crippen molar-refractivity contribution in [3.05, 3.63) is 36.5 Å². The number of aromatic nitrogens is 3. The van der Waals surface area contributed by atoms with Crippen molar-refractivity contribution < 1.29 is 9.47 Å². The molecule has 0 saturated heterocycles. The Morgan fingerprint density at radius 1 is 1.05 bits per heavy atom. The molecule has 0 unspecified atom stereocenters. The molecule has 1 N–H and O–H groups in total. The van der Waals surface area contributed by atoms with Crippen molar-refractivity contribution >= 4 is 32.5 Å². The van der Waals surface area contributed by atoms with Gasteiger partial charge in [-0.15, -0.1) is 11.3 Å². The molecule has 0 radical (unpaired) electrons. The predicted octanol–water partition coefficient (Wildman–Crippen LogP) is 3.86. The van der Waals surface area contributed by atoms with Gasteiger partial charge in [0.2, 0.25) is 0 Å². The molecule has 4 rings (SSSR count). The van der Waals surface area contributed by atoms with Crippen LogP contribution < -0.4 is 9.47 Å². The topological polar surface area (TPSA) is 60.0 Å². The quantitative estimate of drug-likeness (QED) is 0.624. The zero-order valence-electron chi connectivity index (χ0n) is 12.1. The second-order valence-corrected chi connectivity index (χ2v) is 5.90. The van der Waals surface area contributed by atoms with E-state index in [4.69, 9.17) is 14.5 Å². The van der Waals surface area contributed by atoms with Crippen LogP contribution in [0.3, 0.4) is 0 Å². The monoisotopic (exact) mass is 311 g/mol. The number of nitrogens with one attached hydrogen (secondary N) is 1. The summed E-state index contributed by atoms with van der Waals surface area (Å²) >= 11 is 1.65. The zero-order valence-corrected chi connectivity index (χ0v) is 12.9. The third-order valence-corrected chi connectivity index (χ3v) is 4.65. The fraction of sp³-hybridized carbons (Fsp3) is 0.125. The molecule has 0 bridgehead atoms. The normalized spacial score (nSPS) is 11.2.